The van der Waals surface area contributed by atoms with Crippen molar-refractivity contribution >= 4 is 5.91 Å². The summed E-state index contributed by atoms with van der Waals surface area (Å²) in [6.07, 6.45) is 6.68. The van der Waals surface area contributed by atoms with Gasteiger partial charge < -0.3 is 10.2 Å². The Hall–Kier alpha value is -1.47. The maximum atomic E-state index is 12.8. The quantitative estimate of drug-likeness (QED) is 0.842. The second-order valence-corrected chi connectivity index (χ2v) is 7.53. The van der Waals surface area contributed by atoms with Gasteiger partial charge in [0.05, 0.1) is 18.2 Å². The third-order valence-electron chi connectivity index (χ3n) is 5.96. The van der Waals surface area contributed by atoms with Crippen LogP contribution in [0.5, 0.6) is 0 Å². The van der Waals surface area contributed by atoms with Crippen LogP contribution in [0.25, 0.3) is 0 Å². The number of fused-ring (bicyclic) bond motifs is 3. The number of piperidine rings is 3. The molecule has 24 heavy (non-hydrogen) atoms. The highest BCUT2D eigenvalue weighted by Crippen LogP contribution is 2.38. The van der Waals surface area contributed by atoms with Crippen molar-refractivity contribution in [1.82, 2.24) is 30.1 Å². The van der Waals surface area contributed by atoms with Crippen LogP contribution in [-0.2, 0) is 17.9 Å². The number of nitrogens with one attached hydrogen (secondary N) is 1. The smallest absolute Gasteiger partial charge is 0.227 e. The molecule has 1 aromatic heterocycles. The molecule has 2 unspecified atom stereocenters. The monoisotopic (exact) mass is 332 g/mol. The van der Waals surface area contributed by atoms with Crippen LogP contribution in [0.4, 0.5) is 0 Å². The molecule has 4 saturated heterocycles. The lowest BCUT2D eigenvalue weighted by molar-refractivity contribution is -0.142. The van der Waals surface area contributed by atoms with Crippen LogP contribution in [0.15, 0.2) is 6.20 Å². The topological polar surface area (TPSA) is 66.3 Å². The molecule has 4 aliphatic rings. The summed E-state index contributed by atoms with van der Waals surface area (Å²) in [6, 6.07) is 0.496. The molecule has 0 aromatic carbocycles. The van der Waals surface area contributed by atoms with Crippen LogP contribution in [0.1, 0.15) is 31.4 Å². The van der Waals surface area contributed by atoms with Gasteiger partial charge in [0.2, 0.25) is 5.91 Å². The molecule has 1 N–H and O–H groups in total. The van der Waals surface area contributed by atoms with Gasteiger partial charge in [-0.25, -0.2) is 0 Å². The lowest BCUT2D eigenvalue weighted by Crippen LogP contribution is -2.58. The van der Waals surface area contributed by atoms with Crippen molar-refractivity contribution in [3.05, 3.63) is 11.9 Å². The minimum atomic E-state index is 0.226. The van der Waals surface area contributed by atoms with E-state index in [1.807, 2.05) is 17.9 Å². The third-order valence-corrected chi connectivity index (χ3v) is 5.96. The molecule has 5 rings (SSSR count). The number of hydrogen-bond acceptors (Lipinski definition) is 5. The fourth-order valence-corrected chi connectivity index (χ4v) is 4.69. The van der Waals surface area contributed by atoms with E-state index < -0.39 is 0 Å². The maximum Gasteiger partial charge on any atom is 0.227 e. The fraction of sp³-hybridized carbons (Fsp3) is 0.824. The third kappa shape index (κ3) is 3.07. The Balaban J connectivity index is 1.38. The Bertz CT molecular complexity index is 581. The molecule has 2 bridgehead atoms. The normalized spacial score (nSPS) is 32.5. The molecule has 0 radical (unpaired) electrons. The van der Waals surface area contributed by atoms with E-state index in [1.54, 1.807) is 0 Å². The highest BCUT2D eigenvalue weighted by atomic mass is 16.2. The van der Waals surface area contributed by atoms with Crippen molar-refractivity contribution in [2.24, 2.45) is 11.8 Å². The van der Waals surface area contributed by atoms with E-state index in [0.29, 0.717) is 17.9 Å². The second kappa shape index (κ2) is 6.80. The zero-order valence-corrected chi connectivity index (χ0v) is 14.5. The molecule has 132 valence electrons. The minimum Gasteiger partial charge on any atom is -0.342 e. The highest BCUT2D eigenvalue weighted by molar-refractivity contribution is 5.80. The predicted octanol–water partition coefficient (Wildman–Crippen LogP) is 0.330. The Morgan fingerprint density at radius 1 is 1.33 bits per heavy atom. The molecule has 1 aromatic rings. The average Bonchev–Trinajstić information content (AvgIpc) is 3.27. The van der Waals surface area contributed by atoms with Crippen molar-refractivity contribution in [2.45, 2.75) is 44.8 Å². The summed E-state index contributed by atoms with van der Waals surface area (Å²) in [5, 5.41) is 11.6. The van der Waals surface area contributed by atoms with Gasteiger partial charge >= 0.3 is 0 Å². The van der Waals surface area contributed by atoms with Crippen LogP contribution in [0.2, 0.25) is 0 Å². The van der Waals surface area contributed by atoms with Gasteiger partial charge in [-0.2, -0.15) is 0 Å². The first kappa shape index (κ1) is 16.0. The van der Waals surface area contributed by atoms with Crippen LogP contribution >= 0.6 is 0 Å². The summed E-state index contributed by atoms with van der Waals surface area (Å²) in [4.78, 5) is 17.4. The number of carbonyl (C=O) groups excluding carboxylic acids is 1. The molecule has 4 atom stereocenters. The molecule has 7 nitrogen and oxygen atoms in total. The van der Waals surface area contributed by atoms with Gasteiger partial charge in [0.15, 0.2) is 0 Å². The van der Waals surface area contributed by atoms with E-state index in [0.717, 1.165) is 51.4 Å². The van der Waals surface area contributed by atoms with E-state index in [9.17, 15) is 4.79 Å². The van der Waals surface area contributed by atoms with Crippen molar-refractivity contribution in [1.29, 1.82) is 0 Å². The zero-order chi connectivity index (χ0) is 16.5. The Morgan fingerprint density at radius 2 is 2.17 bits per heavy atom. The van der Waals surface area contributed by atoms with Crippen molar-refractivity contribution in [3.8, 4) is 0 Å². The molecule has 5 heterocycles. The van der Waals surface area contributed by atoms with Crippen LogP contribution in [0, 0.1) is 11.8 Å². The van der Waals surface area contributed by atoms with Crippen molar-refractivity contribution in [2.75, 3.05) is 33.2 Å². The van der Waals surface area contributed by atoms with Gasteiger partial charge in [-0.15, -0.1) is 5.10 Å². The maximum absolute atomic E-state index is 12.8. The number of nitrogens with zero attached hydrogens (tertiary/aromatic N) is 5. The van der Waals surface area contributed by atoms with Crippen LogP contribution in [-0.4, -0.2) is 70.0 Å². The number of hydrogen-bond donors (Lipinski definition) is 1. The van der Waals surface area contributed by atoms with E-state index in [2.05, 4.69) is 25.4 Å². The average molecular weight is 332 g/mol. The Morgan fingerprint density at radius 3 is 2.88 bits per heavy atom. The molecular weight excluding hydrogens is 304 g/mol. The first-order valence-corrected chi connectivity index (χ1v) is 9.31. The van der Waals surface area contributed by atoms with Gasteiger partial charge in [-0.3, -0.25) is 14.4 Å². The van der Waals surface area contributed by atoms with Crippen LogP contribution < -0.4 is 5.32 Å². The van der Waals surface area contributed by atoms with Crippen molar-refractivity contribution < 1.29 is 4.79 Å². The highest BCUT2D eigenvalue weighted by Gasteiger charge is 2.44. The second-order valence-electron chi connectivity index (χ2n) is 7.53. The minimum absolute atomic E-state index is 0.226. The largest absolute Gasteiger partial charge is 0.342 e. The van der Waals surface area contributed by atoms with E-state index in [4.69, 9.17) is 0 Å². The summed E-state index contributed by atoms with van der Waals surface area (Å²) < 4.78 is 1.97. The Kier molecular flexibility index (Phi) is 4.54. The molecular formula is C17H28N6O. The first-order valence-electron chi connectivity index (χ1n) is 9.31. The van der Waals surface area contributed by atoms with Gasteiger partial charge in [0.25, 0.3) is 0 Å². The lowest BCUT2D eigenvalue weighted by atomic mass is 9.75. The molecule has 0 aliphatic carbocycles. The molecule has 4 fully saturated rings. The molecule has 1 amide bonds. The molecule has 7 heteroatoms. The van der Waals surface area contributed by atoms with Gasteiger partial charge in [0.1, 0.15) is 0 Å². The molecule has 0 saturated carbocycles. The van der Waals surface area contributed by atoms with Crippen molar-refractivity contribution in [3.63, 3.8) is 0 Å². The van der Waals surface area contributed by atoms with E-state index in [-0.39, 0.29) is 5.92 Å². The summed E-state index contributed by atoms with van der Waals surface area (Å²) >= 11 is 0. The standard InChI is InChI=1S/C17H28N6O/c1-18-9-14-10-23(20-19-14)11-15-8-13-4-7-22(15)12-16(13)17(24)21-5-2-3-6-21/h10,13,15-16,18H,2-9,11-12H2,1H3/t13?,15-,16+/m1/s1. The SMILES string of the molecule is CNCc1cn(C[C@H]2CC3CCN2C[C@@H]3C(=O)N2CCCC2)nn1. The summed E-state index contributed by atoms with van der Waals surface area (Å²) in [6.45, 7) is 5.64. The Labute approximate surface area is 143 Å². The van der Waals surface area contributed by atoms with Gasteiger partial charge in [-0.05, 0) is 45.2 Å². The number of rotatable bonds is 5. The number of aromatic nitrogens is 3. The lowest BCUT2D eigenvalue weighted by Gasteiger charge is -2.49. The van der Waals surface area contributed by atoms with E-state index >= 15 is 0 Å². The molecule has 0 spiro atoms. The summed E-state index contributed by atoms with van der Waals surface area (Å²) in [7, 11) is 1.92. The predicted molar refractivity (Wildman–Crippen MR) is 90.2 cm³/mol. The number of likely N-dealkylation sites (tertiary alicyclic amines) is 1. The van der Waals surface area contributed by atoms with Gasteiger partial charge in [-0.1, -0.05) is 5.21 Å². The summed E-state index contributed by atoms with van der Waals surface area (Å²) in [5.41, 5.74) is 0.982. The first-order chi connectivity index (χ1) is 11.7. The number of carbonyl (C=O) groups is 1. The molecule has 4 aliphatic heterocycles. The summed E-state index contributed by atoms with van der Waals surface area (Å²) in [5.74, 6) is 1.19. The van der Waals surface area contributed by atoms with Crippen LogP contribution in [0.3, 0.4) is 0 Å². The zero-order valence-electron chi connectivity index (χ0n) is 14.5. The van der Waals surface area contributed by atoms with Gasteiger partial charge in [0, 0.05) is 38.4 Å². The number of amides is 1. The fourth-order valence-electron chi connectivity index (χ4n) is 4.69. The van der Waals surface area contributed by atoms with E-state index in [1.165, 1.54) is 19.3 Å².